The minimum absolute atomic E-state index is 0.0119. The summed E-state index contributed by atoms with van der Waals surface area (Å²) in [5.41, 5.74) is 7.51. The molecule has 3 rings (SSSR count). The molecular formula is C39H52N4O6. The molecule has 0 bridgehead atoms. The number of benzene rings is 3. The summed E-state index contributed by atoms with van der Waals surface area (Å²) in [5, 5.41) is 20.1. The Morgan fingerprint density at radius 3 is 1.61 bits per heavy atom. The molecule has 3 unspecified atom stereocenters. The van der Waals surface area contributed by atoms with Crippen LogP contribution in [-0.2, 0) is 38.4 Å². The maximum atomic E-state index is 14.1. The van der Waals surface area contributed by atoms with E-state index in [4.69, 9.17) is 10.5 Å². The topological polar surface area (TPSA) is 160 Å². The van der Waals surface area contributed by atoms with E-state index in [1.165, 1.54) is 0 Å². The van der Waals surface area contributed by atoms with E-state index in [2.05, 4.69) is 16.0 Å². The van der Waals surface area contributed by atoms with Crippen LogP contribution < -0.4 is 21.7 Å². The van der Waals surface area contributed by atoms with Crippen molar-refractivity contribution in [1.82, 2.24) is 16.0 Å². The molecule has 10 heteroatoms. The molecule has 6 N–H and O–H groups in total. The Morgan fingerprint density at radius 2 is 1.14 bits per heavy atom. The summed E-state index contributed by atoms with van der Waals surface area (Å²) in [4.78, 5) is 52.9. The summed E-state index contributed by atoms with van der Waals surface area (Å²) in [6, 6.07) is 25.4. The lowest BCUT2D eigenvalue weighted by molar-refractivity contribution is -0.133. The smallest absolute Gasteiger partial charge is 0.407 e. The molecule has 3 aromatic carbocycles. The van der Waals surface area contributed by atoms with Crippen molar-refractivity contribution in [3.63, 3.8) is 0 Å². The number of carbonyl (C=O) groups excluding carboxylic acids is 4. The van der Waals surface area contributed by atoms with Gasteiger partial charge in [-0.2, -0.15) is 0 Å². The van der Waals surface area contributed by atoms with Crippen LogP contribution in [0.5, 0.6) is 0 Å². The van der Waals surface area contributed by atoms with Crippen LogP contribution in [0.4, 0.5) is 4.79 Å². The maximum absolute atomic E-state index is 14.1. The minimum Gasteiger partial charge on any atom is -0.444 e. The predicted molar refractivity (Wildman–Crippen MR) is 190 cm³/mol. The molecule has 5 atom stereocenters. The Hall–Kier alpha value is -4.70. The number of hydrogen-bond donors (Lipinski definition) is 5. The van der Waals surface area contributed by atoms with Crippen molar-refractivity contribution < 1.29 is 29.0 Å². The molecule has 3 aromatic rings. The first-order valence-corrected chi connectivity index (χ1v) is 16.9. The van der Waals surface area contributed by atoms with Gasteiger partial charge in [-0.3, -0.25) is 14.4 Å². The number of aliphatic hydroxyl groups is 1. The summed E-state index contributed by atoms with van der Waals surface area (Å²) in [6.07, 6.45) is -0.731. The number of ether oxygens (including phenoxy) is 1. The average Bonchev–Trinajstić information content (AvgIpc) is 3.03. The van der Waals surface area contributed by atoms with Crippen molar-refractivity contribution in [2.45, 2.75) is 96.6 Å². The van der Waals surface area contributed by atoms with E-state index in [1.807, 2.05) is 105 Å². The van der Waals surface area contributed by atoms with E-state index in [1.54, 1.807) is 20.8 Å². The van der Waals surface area contributed by atoms with Gasteiger partial charge < -0.3 is 31.5 Å². The number of hydrogen-bond acceptors (Lipinski definition) is 6. The van der Waals surface area contributed by atoms with E-state index < -0.39 is 59.6 Å². The number of aliphatic hydroxyl groups excluding tert-OH is 1. The molecule has 10 nitrogen and oxygen atoms in total. The van der Waals surface area contributed by atoms with Gasteiger partial charge in [0.05, 0.1) is 12.1 Å². The summed E-state index contributed by atoms with van der Waals surface area (Å²) < 4.78 is 5.49. The lowest BCUT2D eigenvalue weighted by Gasteiger charge is -2.30. The predicted octanol–water partition coefficient (Wildman–Crippen LogP) is 4.48. The standard InChI is InChI=1S/C39H52N4O6/c1-26(2)21-33(37(47)41-32(35(40)45)24-29-19-13-8-14-20-29)42-36(46)30(22-27-15-9-6-10-16-27)25-34(44)31(23-28-17-11-7-12-18-28)43-38(48)49-39(3,4)5/h6-20,26,30-34,44H,21-25H2,1-5H3,(H2,40,45)(H,41,47)(H,42,46)(H,43,48)/t30-,31?,32+,33?,34?/m1/s1. The van der Waals surface area contributed by atoms with Gasteiger partial charge in [0.15, 0.2) is 0 Å². The Bertz CT molecular complexity index is 1480. The quantitative estimate of drug-likeness (QED) is 0.142. The molecule has 0 saturated heterocycles. The molecule has 0 radical (unpaired) electrons. The van der Waals surface area contributed by atoms with Gasteiger partial charge in [-0.05, 0) is 69.1 Å². The first-order chi connectivity index (χ1) is 23.2. The average molecular weight is 673 g/mol. The third kappa shape index (κ3) is 14.1. The largest absolute Gasteiger partial charge is 0.444 e. The number of rotatable bonds is 17. The fourth-order valence-electron chi connectivity index (χ4n) is 5.59. The third-order valence-electron chi connectivity index (χ3n) is 7.97. The first-order valence-electron chi connectivity index (χ1n) is 16.9. The van der Waals surface area contributed by atoms with Crippen LogP contribution >= 0.6 is 0 Å². The Morgan fingerprint density at radius 1 is 0.673 bits per heavy atom. The number of nitrogens with one attached hydrogen (secondary N) is 3. The zero-order valence-electron chi connectivity index (χ0n) is 29.2. The van der Waals surface area contributed by atoms with E-state index in [0.29, 0.717) is 12.8 Å². The first kappa shape index (κ1) is 38.7. The zero-order chi connectivity index (χ0) is 36.0. The SMILES string of the molecule is CC(C)CC(NC(=O)[C@H](Cc1ccccc1)CC(O)C(Cc1ccccc1)NC(=O)OC(C)(C)C)C(=O)N[C@@H](Cc1ccccc1)C(N)=O. The number of amides is 4. The van der Waals surface area contributed by atoms with Gasteiger partial charge in [0.1, 0.15) is 17.7 Å². The Kier molecular flexibility index (Phi) is 14.8. The lowest BCUT2D eigenvalue weighted by atomic mass is 9.88. The van der Waals surface area contributed by atoms with Crippen molar-refractivity contribution in [2.75, 3.05) is 0 Å². The normalized spacial score (nSPS) is 14.5. The second kappa shape index (κ2) is 18.7. The van der Waals surface area contributed by atoms with Gasteiger partial charge >= 0.3 is 6.09 Å². The lowest BCUT2D eigenvalue weighted by Crippen LogP contribution is -2.55. The molecular weight excluding hydrogens is 620 g/mol. The van der Waals surface area contributed by atoms with Gasteiger partial charge in [0, 0.05) is 12.3 Å². The van der Waals surface area contributed by atoms with Gasteiger partial charge in [-0.25, -0.2) is 4.79 Å². The summed E-state index contributed by atoms with van der Waals surface area (Å²) in [5.74, 6) is -2.37. The third-order valence-corrected chi connectivity index (χ3v) is 7.97. The highest BCUT2D eigenvalue weighted by Gasteiger charge is 2.33. The molecule has 0 heterocycles. The van der Waals surface area contributed by atoms with Crippen LogP contribution in [0.1, 0.15) is 64.2 Å². The molecule has 0 aliphatic rings. The highest BCUT2D eigenvalue weighted by Crippen LogP contribution is 2.20. The maximum Gasteiger partial charge on any atom is 0.407 e. The summed E-state index contributed by atoms with van der Waals surface area (Å²) in [7, 11) is 0. The molecule has 0 spiro atoms. The van der Waals surface area contributed by atoms with E-state index in [-0.39, 0.29) is 25.2 Å². The van der Waals surface area contributed by atoms with Gasteiger partial charge in [0.2, 0.25) is 17.7 Å². The number of primary amides is 1. The van der Waals surface area contributed by atoms with Gasteiger partial charge in [0.25, 0.3) is 0 Å². The number of nitrogens with two attached hydrogens (primary N) is 1. The molecule has 0 fully saturated rings. The van der Waals surface area contributed by atoms with Crippen molar-refractivity contribution in [3.05, 3.63) is 108 Å². The van der Waals surface area contributed by atoms with Gasteiger partial charge in [-0.15, -0.1) is 0 Å². The Labute approximate surface area is 290 Å². The molecule has 4 amide bonds. The zero-order valence-corrected chi connectivity index (χ0v) is 29.2. The fraction of sp³-hybridized carbons (Fsp3) is 0.436. The molecule has 0 aromatic heterocycles. The second-order valence-electron chi connectivity index (χ2n) is 14.0. The number of alkyl carbamates (subject to hydrolysis) is 1. The molecule has 0 saturated carbocycles. The highest BCUT2D eigenvalue weighted by molar-refractivity contribution is 5.92. The molecule has 0 aliphatic heterocycles. The number of carbonyl (C=O) groups is 4. The van der Waals surface area contributed by atoms with Crippen LogP contribution in [0.2, 0.25) is 0 Å². The van der Waals surface area contributed by atoms with Crippen molar-refractivity contribution in [3.8, 4) is 0 Å². The van der Waals surface area contributed by atoms with E-state index >= 15 is 0 Å². The van der Waals surface area contributed by atoms with Crippen LogP contribution in [0, 0.1) is 11.8 Å². The van der Waals surface area contributed by atoms with Crippen LogP contribution in [-0.4, -0.2) is 58.8 Å². The molecule has 49 heavy (non-hydrogen) atoms. The van der Waals surface area contributed by atoms with Crippen molar-refractivity contribution >= 4 is 23.8 Å². The van der Waals surface area contributed by atoms with E-state index in [0.717, 1.165) is 16.7 Å². The molecule has 0 aliphatic carbocycles. The Balaban J connectivity index is 1.85. The van der Waals surface area contributed by atoms with Crippen LogP contribution in [0.25, 0.3) is 0 Å². The highest BCUT2D eigenvalue weighted by atomic mass is 16.6. The fourth-order valence-corrected chi connectivity index (χ4v) is 5.59. The monoisotopic (exact) mass is 672 g/mol. The van der Waals surface area contributed by atoms with Crippen molar-refractivity contribution in [1.29, 1.82) is 0 Å². The van der Waals surface area contributed by atoms with Crippen LogP contribution in [0.3, 0.4) is 0 Å². The molecule has 264 valence electrons. The summed E-state index contributed by atoms with van der Waals surface area (Å²) >= 11 is 0. The van der Waals surface area contributed by atoms with Crippen molar-refractivity contribution in [2.24, 2.45) is 17.6 Å². The van der Waals surface area contributed by atoms with Crippen LogP contribution in [0.15, 0.2) is 91.0 Å². The van der Waals surface area contributed by atoms with E-state index in [9.17, 15) is 24.3 Å². The summed E-state index contributed by atoms with van der Waals surface area (Å²) in [6.45, 7) is 9.14. The minimum atomic E-state index is -1.14. The van der Waals surface area contributed by atoms with Gasteiger partial charge in [-0.1, -0.05) is 105 Å². The second-order valence-corrected chi connectivity index (χ2v) is 14.0.